The molecule has 0 atom stereocenters. The molecule has 0 heterocycles. The van der Waals surface area contributed by atoms with Gasteiger partial charge in [0.05, 0.1) is 0 Å². The molecule has 0 saturated heterocycles. The van der Waals surface area contributed by atoms with Crippen molar-refractivity contribution in [1.29, 1.82) is 0 Å². The summed E-state index contributed by atoms with van der Waals surface area (Å²) in [5.41, 5.74) is 0. The van der Waals surface area contributed by atoms with Crippen LogP contribution in [-0.2, 0) is 0 Å². The summed E-state index contributed by atoms with van der Waals surface area (Å²) in [6, 6.07) is 0.631. The maximum atomic E-state index is 3.93. The molecule has 0 aliphatic heterocycles. The van der Waals surface area contributed by atoms with E-state index < -0.39 is 0 Å². The Balaban J connectivity index is 2.33. The van der Waals surface area contributed by atoms with E-state index in [1.165, 1.54) is 12.8 Å². The van der Waals surface area contributed by atoms with E-state index in [0.717, 1.165) is 0 Å². The van der Waals surface area contributed by atoms with E-state index >= 15 is 0 Å². The number of rotatable bonds is 1. The minimum absolute atomic E-state index is 0.631. The van der Waals surface area contributed by atoms with Gasteiger partial charge in [-0.3, -0.25) is 0 Å². The van der Waals surface area contributed by atoms with Crippen molar-refractivity contribution in [3.8, 4) is 0 Å². The van der Waals surface area contributed by atoms with Crippen LogP contribution in [0.15, 0.2) is 4.99 Å². The molecular weight excluding hydrogens is 141 g/mol. The van der Waals surface area contributed by atoms with Gasteiger partial charge in [-0.05, 0) is 0 Å². The summed E-state index contributed by atoms with van der Waals surface area (Å²) in [6.07, 6.45) is 2.54. The molecule has 1 aliphatic rings. The van der Waals surface area contributed by atoms with E-state index in [-0.39, 0.29) is 0 Å². The second-order valence-electron chi connectivity index (χ2n) is 1.45. The topological polar surface area (TPSA) is 12.4 Å². The number of aliphatic imine (C=N–C) groups is 1. The van der Waals surface area contributed by atoms with E-state index in [9.17, 15) is 0 Å². The Morgan fingerprint density at radius 2 is 2.33 bits per heavy atom. The molecule has 1 nitrogen and oxygen atoms in total. The number of nitrogens with zero attached hydrogens (tertiary/aromatic N) is 1. The van der Waals surface area contributed by atoms with Crippen molar-refractivity contribution in [3.63, 3.8) is 0 Å². The molecule has 0 bridgehead atoms. The summed E-state index contributed by atoms with van der Waals surface area (Å²) in [5, 5.41) is 0. The van der Waals surface area contributed by atoms with Gasteiger partial charge in [-0.15, -0.1) is 0 Å². The summed E-state index contributed by atoms with van der Waals surface area (Å²) in [5.74, 6) is 0. The SMILES string of the molecule is [Se]=C=NC1CC1. The molecule has 1 fully saturated rings. The van der Waals surface area contributed by atoms with Gasteiger partial charge in [0.1, 0.15) is 0 Å². The van der Waals surface area contributed by atoms with Crippen LogP contribution in [0.5, 0.6) is 0 Å². The Kier molecular flexibility index (Phi) is 1.21. The van der Waals surface area contributed by atoms with Crippen molar-refractivity contribution in [2.45, 2.75) is 18.9 Å². The maximum absolute atomic E-state index is 3.93. The van der Waals surface area contributed by atoms with Crippen LogP contribution in [0.2, 0.25) is 0 Å². The van der Waals surface area contributed by atoms with E-state index in [2.05, 4.69) is 25.3 Å². The molecule has 0 spiro atoms. The van der Waals surface area contributed by atoms with Gasteiger partial charge in [-0.1, -0.05) is 0 Å². The first-order valence-corrected chi connectivity index (χ1v) is 2.86. The Morgan fingerprint density at radius 1 is 1.67 bits per heavy atom. The molecule has 0 aromatic heterocycles. The van der Waals surface area contributed by atoms with Crippen molar-refractivity contribution >= 4 is 20.3 Å². The first-order valence-electron chi connectivity index (χ1n) is 2.00. The quantitative estimate of drug-likeness (QED) is 0.370. The third-order valence-corrected chi connectivity index (χ3v) is 1.00. The van der Waals surface area contributed by atoms with Gasteiger partial charge >= 0.3 is 44.2 Å². The molecule has 0 N–H and O–H groups in total. The Hall–Kier alpha value is 0.0995. The minimum atomic E-state index is 0.631. The number of hydrogen-bond donors (Lipinski definition) is 0. The molecule has 0 amide bonds. The average molecular weight is 146 g/mol. The van der Waals surface area contributed by atoms with Crippen molar-refractivity contribution in [2.75, 3.05) is 0 Å². The van der Waals surface area contributed by atoms with Gasteiger partial charge in [0.2, 0.25) is 0 Å². The zero-order valence-electron chi connectivity index (χ0n) is 3.35. The Morgan fingerprint density at radius 3 is 2.50 bits per heavy atom. The molecule has 1 saturated carbocycles. The van der Waals surface area contributed by atoms with Gasteiger partial charge in [0.15, 0.2) is 0 Å². The van der Waals surface area contributed by atoms with E-state index in [4.69, 9.17) is 0 Å². The van der Waals surface area contributed by atoms with Crippen LogP contribution in [0.3, 0.4) is 0 Å². The summed E-state index contributed by atoms with van der Waals surface area (Å²) in [6.45, 7) is 0. The fourth-order valence-electron chi connectivity index (χ4n) is 0.278. The summed E-state index contributed by atoms with van der Waals surface area (Å²) in [4.78, 5) is 3.93. The van der Waals surface area contributed by atoms with Crippen LogP contribution in [-0.4, -0.2) is 26.3 Å². The predicted molar refractivity (Wildman–Crippen MR) is 26.2 cm³/mol. The molecule has 32 valence electrons. The summed E-state index contributed by atoms with van der Waals surface area (Å²) < 4.78 is 2.63. The monoisotopic (exact) mass is 147 g/mol. The van der Waals surface area contributed by atoms with Crippen LogP contribution in [0.25, 0.3) is 0 Å². The Labute approximate surface area is 44.8 Å². The number of hydrogen-bond acceptors (Lipinski definition) is 1. The summed E-state index contributed by atoms with van der Waals surface area (Å²) >= 11 is 2.60. The molecule has 0 aromatic carbocycles. The Bertz CT molecular complexity index is 89.7. The second kappa shape index (κ2) is 1.70. The molecule has 2 heteroatoms. The van der Waals surface area contributed by atoms with E-state index in [0.29, 0.717) is 6.04 Å². The molecular formula is C4H5NSe. The normalized spacial score (nSPS) is 19.3. The molecule has 0 aromatic rings. The van der Waals surface area contributed by atoms with Gasteiger partial charge in [0.25, 0.3) is 0 Å². The average Bonchev–Trinajstić information content (AvgIpc) is 2.21. The van der Waals surface area contributed by atoms with Crippen LogP contribution in [0, 0.1) is 0 Å². The molecule has 0 unspecified atom stereocenters. The van der Waals surface area contributed by atoms with Crippen molar-refractivity contribution < 1.29 is 0 Å². The zero-order chi connectivity index (χ0) is 4.41. The zero-order valence-corrected chi connectivity index (χ0v) is 5.06. The fourth-order valence-corrected chi connectivity index (χ4v) is 0.591. The third kappa shape index (κ3) is 1.06. The fraction of sp³-hybridized carbons (Fsp3) is 0.750. The first kappa shape index (κ1) is 4.26. The summed E-state index contributed by atoms with van der Waals surface area (Å²) in [7, 11) is 0. The van der Waals surface area contributed by atoms with Gasteiger partial charge in [0, 0.05) is 0 Å². The predicted octanol–water partition coefficient (Wildman–Crippen LogP) is 0.223. The standard InChI is InChI=1S/C4H5NSe/c6-3-5-4-1-2-4/h4H,1-2H2. The molecule has 6 heavy (non-hydrogen) atoms. The van der Waals surface area contributed by atoms with Gasteiger partial charge in [-0.25, -0.2) is 0 Å². The van der Waals surface area contributed by atoms with Crippen LogP contribution in [0.1, 0.15) is 12.8 Å². The van der Waals surface area contributed by atoms with Crippen molar-refractivity contribution in [2.24, 2.45) is 4.99 Å². The molecule has 0 radical (unpaired) electrons. The molecule has 1 aliphatic carbocycles. The van der Waals surface area contributed by atoms with Crippen LogP contribution < -0.4 is 0 Å². The van der Waals surface area contributed by atoms with Crippen molar-refractivity contribution in [3.05, 3.63) is 0 Å². The van der Waals surface area contributed by atoms with Gasteiger partial charge in [-0.2, -0.15) is 0 Å². The van der Waals surface area contributed by atoms with Crippen LogP contribution >= 0.6 is 0 Å². The van der Waals surface area contributed by atoms with Gasteiger partial charge < -0.3 is 0 Å². The van der Waals surface area contributed by atoms with Crippen molar-refractivity contribution in [1.82, 2.24) is 0 Å². The first-order chi connectivity index (χ1) is 2.93. The second-order valence-corrected chi connectivity index (χ2v) is 1.83. The van der Waals surface area contributed by atoms with Crippen LogP contribution in [0.4, 0.5) is 0 Å². The van der Waals surface area contributed by atoms with E-state index in [1.54, 1.807) is 0 Å². The third-order valence-electron chi connectivity index (χ3n) is 0.782. The molecule has 1 rings (SSSR count). The van der Waals surface area contributed by atoms with E-state index in [1.807, 2.05) is 0 Å².